The molecule has 25 heavy (non-hydrogen) atoms. The van der Waals surface area contributed by atoms with Crippen LogP contribution in [0, 0.1) is 11.8 Å². The molecular formula is C19H29N3O3. The van der Waals surface area contributed by atoms with Gasteiger partial charge in [0.2, 0.25) is 0 Å². The summed E-state index contributed by atoms with van der Waals surface area (Å²) in [5.41, 5.74) is 3.06. The molecule has 6 heteroatoms. The van der Waals surface area contributed by atoms with Gasteiger partial charge in [0.1, 0.15) is 0 Å². The van der Waals surface area contributed by atoms with E-state index in [9.17, 15) is 4.79 Å². The third-order valence-corrected chi connectivity index (χ3v) is 6.17. The van der Waals surface area contributed by atoms with Crippen molar-refractivity contribution in [2.24, 2.45) is 18.9 Å². The number of rotatable bonds is 3. The smallest absolute Gasteiger partial charge is 0.272 e. The van der Waals surface area contributed by atoms with Gasteiger partial charge in [0.25, 0.3) is 5.91 Å². The maximum atomic E-state index is 13.0. The first-order valence-electron chi connectivity index (χ1n) is 9.75. The van der Waals surface area contributed by atoms with Crippen LogP contribution in [0.3, 0.4) is 0 Å². The number of fused-ring (bicyclic) bond motifs is 1. The predicted octanol–water partition coefficient (Wildman–Crippen LogP) is 1.86. The average Bonchev–Trinajstić information content (AvgIpc) is 3.00. The van der Waals surface area contributed by atoms with Crippen molar-refractivity contribution in [3.05, 3.63) is 17.0 Å². The Kier molecular flexibility index (Phi) is 5.08. The van der Waals surface area contributed by atoms with Crippen LogP contribution in [-0.4, -0.2) is 48.2 Å². The predicted molar refractivity (Wildman–Crippen MR) is 93.6 cm³/mol. The SMILES string of the molecule is Cn1nc(C(=O)N[C@@H]2CCOC[C@@H]2C2CCOCC2)c2c1CCCC2. The van der Waals surface area contributed by atoms with Crippen LogP contribution in [0.4, 0.5) is 0 Å². The highest BCUT2D eigenvalue weighted by Crippen LogP contribution is 2.31. The van der Waals surface area contributed by atoms with Crippen molar-refractivity contribution < 1.29 is 14.3 Å². The number of amides is 1. The Morgan fingerprint density at radius 2 is 1.88 bits per heavy atom. The molecule has 0 bridgehead atoms. The minimum Gasteiger partial charge on any atom is -0.381 e. The summed E-state index contributed by atoms with van der Waals surface area (Å²) >= 11 is 0. The second-order valence-corrected chi connectivity index (χ2v) is 7.66. The number of nitrogens with zero attached hydrogens (tertiary/aromatic N) is 2. The normalized spacial score (nSPS) is 27.7. The molecule has 0 saturated carbocycles. The number of aryl methyl sites for hydroxylation is 1. The molecule has 1 aromatic rings. The molecule has 4 rings (SSSR count). The Bertz CT molecular complexity index is 622. The first-order valence-corrected chi connectivity index (χ1v) is 9.75. The van der Waals surface area contributed by atoms with E-state index in [2.05, 4.69) is 10.4 Å². The fourth-order valence-corrected chi connectivity index (χ4v) is 4.74. The van der Waals surface area contributed by atoms with Crippen LogP contribution >= 0.6 is 0 Å². The van der Waals surface area contributed by atoms with E-state index < -0.39 is 0 Å². The van der Waals surface area contributed by atoms with E-state index in [1.165, 1.54) is 17.7 Å². The molecule has 0 unspecified atom stereocenters. The minimum atomic E-state index is 0.00251. The molecule has 1 N–H and O–H groups in total. The Morgan fingerprint density at radius 1 is 1.12 bits per heavy atom. The third kappa shape index (κ3) is 3.47. The lowest BCUT2D eigenvalue weighted by Crippen LogP contribution is -2.49. The van der Waals surface area contributed by atoms with Gasteiger partial charge in [-0.15, -0.1) is 0 Å². The molecule has 0 aromatic carbocycles. The van der Waals surface area contributed by atoms with Crippen molar-refractivity contribution in [1.82, 2.24) is 15.1 Å². The molecule has 1 amide bonds. The van der Waals surface area contributed by atoms with E-state index >= 15 is 0 Å². The molecule has 1 aliphatic carbocycles. The number of nitrogens with one attached hydrogen (secondary N) is 1. The molecule has 3 aliphatic rings. The molecule has 0 spiro atoms. The van der Waals surface area contributed by atoms with Crippen molar-refractivity contribution in [2.75, 3.05) is 26.4 Å². The quantitative estimate of drug-likeness (QED) is 0.906. The first-order chi connectivity index (χ1) is 12.2. The number of carbonyl (C=O) groups is 1. The van der Waals surface area contributed by atoms with Gasteiger partial charge in [0.05, 0.1) is 6.61 Å². The van der Waals surface area contributed by atoms with Crippen LogP contribution in [0.1, 0.15) is 53.8 Å². The van der Waals surface area contributed by atoms with Crippen molar-refractivity contribution in [2.45, 2.75) is 51.0 Å². The average molecular weight is 347 g/mol. The third-order valence-electron chi connectivity index (χ3n) is 6.17. The lowest BCUT2D eigenvalue weighted by molar-refractivity contribution is -0.0259. The highest BCUT2D eigenvalue weighted by atomic mass is 16.5. The molecule has 2 atom stereocenters. The van der Waals surface area contributed by atoms with Crippen LogP contribution in [0.5, 0.6) is 0 Å². The van der Waals surface area contributed by atoms with Crippen LogP contribution in [-0.2, 0) is 29.4 Å². The molecule has 6 nitrogen and oxygen atoms in total. The van der Waals surface area contributed by atoms with Gasteiger partial charge < -0.3 is 14.8 Å². The molecule has 2 fully saturated rings. The first kappa shape index (κ1) is 17.0. The van der Waals surface area contributed by atoms with Crippen LogP contribution < -0.4 is 5.32 Å². The van der Waals surface area contributed by atoms with E-state index in [4.69, 9.17) is 9.47 Å². The van der Waals surface area contributed by atoms with Gasteiger partial charge >= 0.3 is 0 Å². The van der Waals surface area contributed by atoms with Gasteiger partial charge in [-0.1, -0.05) is 0 Å². The summed E-state index contributed by atoms with van der Waals surface area (Å²) in [6.45, 7) is 3.13. The van der Waals surface area contributed by atoms with E-state index in [0.717, 1.165) is 65.0 Å². The van der Waals surface area contributed by atoms with Gasteiger partial charge in [-0.05, 0) is 50.9 Å². The highest BCUT2D eigenvalue weighted by Gasteiger charge is 2.35. The molecule has 1 aromatic heterocycles. The van der Waals surface area contributed by atoms with Crippen LogP contribution in [0.25, 0.3) is 0 Å². The number of hydrogen-bond acceptors (Lipinski definition) is 4. The number of aromatic nitrogens is 2. The van der Waals surface area contributed by atoms with Crippen LogP contribution in [0.15, 0.2) is 0 Å². The van der Waals surface area contributed by atoms with Crippen molar-refractivity contribution in [3.8, 4) is 0 Å². The lowest BCUT2D eigenvalue weighted by atomic mass is 9.79. The summed E-state index contributed by atoms with van der Waals surface area (Å²) in [5, 5.41) is 7.86. The fraction of sp³-hybridized carbons (Fsp3) is 0.789. The summed E-state index contributed by atoms with van der Waals surface area (Å²) < 4.78 is 13.1. The minimum absolute atomic E-state index is 0.00251. The standard InChI is InChI=1S/C19H29N3O3/c1-22-17-5-3-2-4-14(17)18(21-22)19(23)20-16-8-11-25-12-15(16)13-6-9-24-10-7-13/h13,15-16H,2-12H2,1H3,(H,20,23)/t15-,16-/m1/s1. The summed E-state index contributed by atoms with van der Waals surface area (Å²) in [5.74, 6) is 0.973. The molecule has 2 saturated heterocycles. The highest BCUT2D eigenvalue weighted by molar-refractivity contribution is 5.94. The maximum absolute atomic E-state index is 13.0. The monoisotopic (exact) mass is 347 g/mol. The zero-order valence-electron chi connectivity index (χ0n) is 15.1. The summed E-state index contributed by atoms with van der Waals surface area (Å²) in [7, 11) is 1.96. The van der Waals surface area contributed by atoms with E-state index in [0.29, 0.717) is 17.5 Å². The van der Waals surface area contributed by atoms with E-state index in [-0.39, 0.29) is 11.9 Å². The second kappa shape index (κ2) is 7.46. The number of carbonyl (C=O) groups excluding carboxylic acids is 1. The Hall–Kier alpha value is -1.40. The van der Waals surface area contributed by atoms with Gasteiger partial charge in [0.15, 0.2) is 5.69 Å². The fourth-order valence-electron chi connectivity index (χ4n) is 4.74. The number of ether oxygens (including phenoxy) is 2. The summed E-state index contributed by atoms with van der Waals surface area (Å²) in [6, 6.07) is 0.186. The van der Waals surface area contributed by atoms with Crippen LogP contribution in [0.2, 0.25) is 0 Å². The summed E-state index contributed by atoms with van der Waals surface area (Å²) in [6.07, 6.45) is 7.39. The molecule has 3 heterocycles. The molecule has 0 radical (unpaired) electrons. The van der Waals surface area contributed by atoms with Gasteiger partial charge in [-0.25, -0.2) is 0 Å². The second-order valence-electron chi connectivity index (χ2n) is 7.66. The Balaban J connectivity index is 1.49. The summed E-state index contributed by atoms with van der Waals surface area (Å²) in [4.78, 5) is 13.0. The van der Waals surface area contributed by atoms with Gasteiger partial charge in [-0.3, -0.25) is 9.48 Å². The zero-order valence-corrected chi connectivity index (χ0v) is 15.1. The zero-order chi connectivity index (χ0) is 17.2. The topological polar surface area (TPSA) is 65.4 Å². The van der Waals surface area contributed by atoms with Crippen molar-refractivity contribution >= 4 is 5.91 Å². The lowest BCUT2D eigenvalue weighted by Gasteiger charge is -2.38. The van der Waals surface area contributed by atoms with E-state index in [1.54, 1.807) is 0 Å². The van der Waals surface area contributed by atoms with Gasteiger partial charge in [-0.2, -0.15) is 5.10 Å². The number of hydrogen-bond donors (Lipinski definition) is 1. The molecule has 138 valence electrons. The maximum Gasteiger partial charge on any atom is 0.272 e. The van der Waals surface area contributed by atoms with E-state index in [1.807, 2.05) is 11.7 Å². The van der Waals surface area contributed by atoms with Crippen molar-refractivity contribution in [3.63, 3.8) is 0 Å². The molecule has 2 aliphatic heterocycles. The molecular weight excluding hydrogens is 318 g/mol. The Labute approximate surface area is 149 Å². The Morgan fingerprint density at radius 3 is 2.72 bits per heavy atom. The largest absolute Gasteiger partial charge is 0.381 e. The van der Waals surface area contributed by atoms with Crippen molar-refractivity contribution in [1.29, 1.82) is 0 Å². The van der Waals surface area contributed by atoms with Gasteiger partial charge in [0, 0.05) is 50.1 Å².